The van der Waals surface area contributed by atoms with Crippen molar-refractivity contribution in [3.63, 3.8) is 0 Å². The van der Waals surface area contributed by atoms with Crippen molar-refractivity contribution < 1.29 is 13.5 Å². The molecular weight excluding hydrogens is 404 g/mol. The molecule has 4 nitrogen and oxygen atoms in total. The summed E-state index contributed by atoms with van der Waals surface area (Å²) in [6.07, 6.45) is 2.61. The summed E-state index contributed by atoms with van der Waals surface area (Å²) in [6, 6.07) is 10.7. The Morgan fingerprint density at radius 3 is 2.82 bits per heavy atom. The molecule has 8 heteroatoms. The highest BCUT2D eigenvalue weighted by Crippen LogP contribution is 2.67. The summed E-state index contributed by atoms with van der Waals surface area (Å²) in [5.41, 5.74) is -0.135. The summed E-state index contributed by atoms with van der Waals surface area (Å²) in [5, 5.41) is 6.86. The summed E-state index contributed by atoms with van der Waals surface area (Å²) in [7, 11) is 0. The van der Waals surface area contributed by atoms with Crippen LogP contribution in [-0.4, -0.2) is 20.9 Å². The van der Waals surface area contributed by atoms with Gasteiger partial charge in [-0.2, -0.15) is 5.10 Å². The van der Waals surface area contributed by atoms with Crippen LogP contribution in [0, 0.1) is 11.6 Å². The van der Waals surface area contributed by atoms with Crippen LogP contribution in [0.4, 0.5) is 8.78 Å². The van der Waals surface area contributed by atoms with Crippen molar-refractivity contribution in [2.24, 2.45) is 0 Å². The van der Waals surface area contributed by atoms with E-state index in [1.165, 1.54) is 30.2 Å². The minimum absolute atomic E-state index is 0.247. The van der Waals surface area contributed by atoms with E-state index in [1.807, 2.05) is 18.2 Å². The van der Waals surface area contributed by atoms with E-state index < -0.39 is 28.6 Å². The Morgan fingerprint density at radius 2 is 2.14 bits per heavy atom. The first-order valence-electron chi connectivity index (χ1n) is 8.53. The molecule has 0 aliphatic carbocycles. The number of hydrogen-bond donors (Lipinski definition) is 1. The highest BCUT2D eigenvalue weighted by molar-refractivity contribution is 7.99. The van der Waals surface area contributed by atoms with Gasteiger partial charge < -0.3 is 4.74 Å². The molecular formula is C20H16ClF2N3OS. The molecule has 1 aliphatic heterocycles. The predicted octanol–water partition coefficient (Wildman–Crippen LogP) is 5.36. The number of benzene rings is 2. The second kappa shape index (κ2) is 7.66. The largest absolute Gasteiger partial charge is 0.354 e. The van der Waals surface area contributed by atoms with Gasteiger partial charge in [-0.3, -0.25) is 5.10 Å². The third-order valence-electron chi connectivity index (χ3n) is 4.64. The lowest BCUT2D eigenvalue weighted by molar-refractivity contribution is 0.282. The monoisotopic (exact) mass is 419 g/mol. The van der Waals surface area contributed by atoms with Crippen molar-refractivity contribution in [2.45, 2.75) is 17.0 Å². The molecule has 144 valence electrons. The molecule has 1 unspecified atom stereocenters. The zero-order valence-electron chi connectivity index (χ0n) is 14.6. The van der Waals surface area contributed by atoms with Crippen LogP contribution in [0.5, 0.6) is 0 Å². The highest BCUT2D eigenvalue weighted by atomic mass is 35.5. The van der Waals surface area contributed by atoms with Crippen molar-refractivity contribution in [2.75, 3.05) is 5.75 Å². The summed E-state index contributed by atoms with van der Waals surface area (Å²) >= 11 is 7.86. The molecule has 1 saturated heterocycles. The van der Waals surface area contributed by atoms with Crippen LogP contribution in [-0.2, 0) is 10.3 Å². The molecule has 2 aromatic carbocycles. The summed E-state index contributed by atoms with van der Waals surface area (Å²) < 4.78 is 34.6. The van der Waals surface area contributed by atoms with Crippen molar-refractivity contribution in [1.82, 2.24) is 15.2 Å². The number of aromatic nitrogens is 3. The van der Waals surface area contributed by atoms with Gasteiger partial charge in [-0.15, -0.1) is 18.3 Å². The van der Waals surface area contributed by atoms with Gasteiger partial charge in [0.2, 0.25) is 0 Å². The zero-order chi connectivity index (χ0) is 19.7. The zero-order valence-corrected chi connectivity index (χ0v) is 16.2. The van der Waals surface area contributed by atoms with Gasteiger partial charge in [-0.05, 0) is 12.1 Å². The van der Waals surface area contributed by atoms with Crippen molar-refractivity contribution in [3.8, 4) is 0 Å². The van der Waals surface area contributed by atoms with Crippen LogP contribution in [0.2, 0.25) is 5.02 Å². The Balaban J connectivity index is 1.87. The number of ether oxygens (including phenoxy) is 1. The fraction of sp³-hybridized carbons (Fsp3) is 0.200. The Hall–Kier alpha value is -2.22. The standard InChI is InChI=1S/C20H16ClF2N3OS/c1-2-9-28-18(19-24-11-25-26-19)20(14-8-7-12(22)10-16(14)23)17(27-20)13-5-3-4-6-15(13)21/h2-8,10-11,17-18H,1,9H2,(H,24,25,26)/t17-,18?,20-/m1/s1. The number of thioether (sulfide) groups is 1. The lowest BCUT2D eigenvalue weighted by atomic mass is 9.87. The minimum Gasteiger partial charge on any atom is -0.354 e. The van der Waals surface area contributed by atoms with Gasteiger partial charge in [0.05, 0.1) is 0 Å². The molecule has 0 bridgehead atoms. The molecule has 1 N–H and O–H groups in total. The van der Waals surface area contributed by atoms with E-state index in [0.29, 0.717) is 16.6 Å². The van der Waals surface area contributed by atoms with E-state index in [9.17, 15) is 8.78 Å². The average Bonchev–Trinajstić information content (AvgIpc) is 3.15. The third kappa shape index (κ3) is 3.23. The minimum atomic E-state index is -1.12. The maximum atomic E-state index is 14.9. The molecule has 3 aromatic rings. The van der Waals surface area contributed by atoms with Crippen molar-refractivity contribution >= 4 is 23.4 Å². The van der Waals surface area contributed by atoms with Crippen LogP contribution in [0.3, 0.4) is 0 Å². The Bertz CT molecular complexity index is 1000. The topological polar surface area (TPSA) is 54.1 Å². The number of nitrogens with zero attached hydrogens (tertiary/aromatic N) is 2. The van der Waals surface area contributed by atoms with Gasteiger partial charge in [-0.25, -0.2) is 13.8 Å². The molecule has 28 heavy (non-hydrogen) atoms. The third-order valence-corrected chi connectivity index (χ3v) is 6.32. The summed E-state index contributed by atoms with van der Waals surface area (Å²) in [6.45, 7) is 3.76. The van der Waals surface area contributed by atoms with Gasteiger partial charge in [0.15, 0.2) is 0 Å². The predicted molar refractivity (Wildman–Crippen MR) is 105 cm³/mol. The van der Waals surface area contributed by atoms with E-state index in [4.69, 9.17) is 16.3 Å². The van der Waals surface area contributed by atoms with Crippen molar-refractivity contribution in [1.29, 1.82) is 0 Å². The molecule has 0 amide bonds. The van der Waals surface area contributed by atoms with E-state index in [1.54, 1.807) is 12.1 Å². The molecule has 4 rings (SSSR count). The number of nitrogens with one attached hydrogen (secondary N) is 1. The van der Waals surface area contributed by atoms with E-state index in [2.05, 4.69) is 21.8 Å². The molecule has 0 saturated carbocycles. The Kier molecular flexibility index (Phi) is 5.23. The molecule has 0 radical (unpaired) electrons. The molecule has 0 spiro atoms. The first-order valence-corrected chi connectivity index (χ1v) is 9.96. The first kappa shape index (κ1) is 19.1. The van der Waals surface area contributed by atoms with Gasteiger partial charge in [-0.1, -0.05) is 41.9 Å². The summed E-state index contributed by atoms with van der Waals surface area (Å²) in [4.78, 5) is 4.27. The number of hydrogen-bond acceptors (Lipinski definition) is 4. The van der Waals surface area contributed by atoms with Gasteiger partial charge in [0.25, 0.3) is 0 Å². The van der Waals surface area contributed by atoms with E-state index in [-0.39, 0.29) is 5.56 Å². The molecule has 1 aliphatic rings. The fourth-order valence-electron chi connectivity index (χ4n) is 3.41. The van der Waals surface area contributed by atoms with Crippen LogP contribution in [0.25, 0.3) is 0 Å². The Labute approximate surface area is 170 Å². The molecule has 3 atom stereocenters. The second-order valence-corrected chi connectivity index (χ2v) is 7.85. The van der Waals surface area contributed by atoms with Gasteiger partial charge in [0.1, 0.15) is 40.7 Å². The van der Waals surface area contributed by atoms with E-state index >= 15 is 0 Å². The number of halogens is 3. The smallest absolute Gasteiger partial charge is 0.146 e. The molecule has 2 heterocycles. The quantitative estimate of drug-likeness (QED) is 0.413. The lowest BCUT2D eigenvalue weighted by Crippen LogP contribution is -2.22. The Morgan fingerprint density at radius 1 is 1.32 bits per heavy atom. The number of epoxide rings is 1. The van der Waals surface area contributed by atoms with Crippen molar-refractivity contribution in [3.05, 3.63) is 95.1 Å². The van der Waals surface area contributed by atoms with Crippen LogP contribution in [0.1, 0.15) is 28.3 Å². The average molecular weight is 420 g/mol. The fourth-order valence-corrected chi connectivity index (χ4v) is 4.79. The maximum Gasteiger partial charge on any atom is 0.146 e. The van der Waals surface area contributed by atoms with Crippen LogP contribution >= 0.6 is 23.4 Å². The number of rotatable bonds is 7. The number of aromatic amines is 1. The SMILES string of the molecule is C=CCSC(c1ncn[nH]1)[C@]1(c2ccc(F)cc2F)O[C@@H]1c1ccccc1Cl. The first-order chi connectivity index (χ1) is 13.6. The van der Waals surface area contributed by atoms with E-state index in [0.717, 1.165) is 11.6 Å². The normalized spacial score (nSPS) is 22.0. The van der Waals surface area contributed by atoms with Gasteiger partial charge >= 0.3 is 0 Å². The van der Waals surface area contributed by atoms with Crippen LogP contribution in [0.15, 0.2) is 61.4 Å². The maximum absolute atomic E-state index is 14.9. The van der Waals surface area contributed by atoms with Gasteiger partial charge in [0, 0.05) is 28.0 Å². The molecule has 1 fully saturated rings. The summed E-state index contributed by atoms with van der Waals surface area (Å²) in [5.74, 6) is -0.223. The number of H-pyrrole nitrogens is 1. The lowest BCUT2D eigenvalue weighted by Gasteiger charge is -2.23. The van der Waals surface area contributed by atoms with Crippen LogP contribution < -0.4 is 0 Å². The molecule has 1 aromatic heterocycles. The highest BCUT2D eigenvalue weighted by Gasteiger charge is 2.66. The second-order valence-electron chi connectivity index (χ2n) is 6.31.